The van der Waals surface area contributed by atoms with Gasteiger partial charge in [-0.25, -0.2) is 4.98 Å². The highest BCUT2D eigenvalue weighted by atomic mass is 79.9. The van der Waals surface area contributed by atoms with Crippen molar-refractivity contribution in [1.82, 2.24) is 4.98 Å². The zero-order valence-electron chi connectivity index (χ0n) is 15.6. The van der Waals surface area contributed by atoms with Crippen molar-refractivity contribution < 1.29 is 9.59 Å². The van der Waals surface area contributed by atoms with Crippen LogP contribution in [0.3, 0.4) is 0 Å². The lowest BCUT2D eigenvalue weighted by Gasteiger charge is -2.27. The summed E-state index contributed by atoms with van der Waals surface area (Å²) in [5, 5.41) is 2.91. The Morgan fingerprint density at radius 3 is 2.68 bits per heavy atom. The van der Waals surface area contributed by atoms with E-state index in [1.807, 2.05) is 36.4 Å². The minimum absolute atomic E-state index is 0.0307. The zero-order valence-corrected chi connectivity index (χ0v) is 17.2. The van der Waals surface area contributed by atoms with Crippen LogP contribution in [-0.2, 0) is 9.59 Å². The molecule has 1 unspecified atom stereocenters. The van der Waals surface area contributed by atoms with Crippen molar-refractivity contribution in [1.29, 1.82) is 0 Å². The molecule has 0 saturated carbocycles. The van der Waals surface area contributed by atoms with Crippen LogP contribution in [-0.4, -0.2) is 36.4 Å². The van der Waals surface area contributed by atoms with Gasteiger partial charge in [0.15, 0.2) is 0 Å². The van der Waals surface area contributed by atoms with Crippen LogP contribution in [0.1, 0.15) is 25.7 Å². The third kappa shape index (κ3) is 4.19. The molecule has 1 N–H and O–H groups in total. The van der Waals surface area contributed by atoms with Crippen LogP contribution >= 0.6 is 15.9 Å². The van der Waals surface area contributed by atoms with Crippen LogP contribution in [0.5, 0.6) is 0 Å². The number of halogens is 1. The molecule has 0 bridgehead atoms. The number of hydrogen-bond acceptors (Lipinski definition) is 4. The molecule has 0 spiro atoms. The molecule has 4 rings (SSSR count). The summed E-state index contributed by atoms with van der Waals surface area (Å²) in [5.41, 5.74) is 1.47. The number of aromatic nitrogens is 1. The molecule has 2 saturated heterocycles. The molecule has 2 aromatic rings. The number of rotatable bonds is 4. The first kappa shape index (κ1) is 18.9. The zero-order chi connectivity index (χ0) is 19.5. The van der Waals surface area contributed by atoms with Crippen molar-refractivity contribution in [3.63, 3.8) is 0 Å². The summed E-state index contributed by atoms with van der Waals surface area (Å²) in [5.74, 6) is 0.415. The number of nitrogens with zero attached hydrogens (tertiary/aromatic N) is 3. The molecule has 1 aromatic heterocycles. The van der Waals surface area contributed by atoms with Crippen molar-refractivity contribution in [3.8, 4) is 0 Å². The Hall–Kier alpha value is -2.41. The molecule has 1 atom stereocenters. The summed E-state index contributed by atoms with van der Waals surface area (Å²) in [7, 11) is 0. The smallest absolute Gasteiger partial charge is 0.229 e. The van der Waals surface area contributed by atoms with E-state index >= 15 is 0 Å². The second kappa shape index (κ2) is 8.31. The maximum absolute atomic E-state index is 12.7. The molecule has 146 valence electrons. The number of anilines is 3. The molecule has 2 aliphatic heterocycles. The van der Waals surface area contributed by atoms with E-state index in [0.29, 0.717) is 12.2 Å². The van der Waals surface area contributed by atoms with Crippen LogP contribution < -0.4 is 15.1 Å². The Balaban J connectivity index is 1.38. The van der Waals surface area contributed by atoms with E-state index in [2.05, 4.69) is 31.1 Å². The summed E-state index contributed by atoms with van der Waals surface area (Å²) < 4.78 is 0.908. The third-order valence-electron chi connectivity index (χ3n) is 5.31. The Kier molecular flexibility index (Phi) is 5.62. The first-order valence-electron chi connectivity index (χ1n) is 9.68. The van der Waals surface area contributed by atoms with Crippen LogP contribution in [0.15, 0.2) is 47.1 Å². The highest BCUT2D eigenvalue weighted by Gasteiger charge is 2.35. The molecule has 2 fully saturated rings. The highest BCUT2D eigenvalue weighted by molar-refractivity contribution is 9.10. The molecule has 7 heteroatoms. The average Bonchev–Trinajstić information content (AvgIpc) is 3.11. The van der Waals surface area contributed by atoms with Crippen molar-refractivity contribution in [3.05, 3.63) is 47.1 Å². The molecule has 6 nitrogen and oxygen atoms in total. The molecule has 0 aliphatic carbocycles. The average molecular weight is 443 g/mol. The van der Waals surface area contributed by atoms with Gasteiger partial charge in [0.05, 0.1) is 17.8 Å². The summed E-state index contributed by atoms with van der Waals surface area (Å²) in [4.78, 5) is 33.5. The van der Waals surface area contributed by atoms with Crippen LogP contribution in [0.4, 0.5) is 17.2 Å². The third-order valence-corrected chi connectivity index (χ3v) is 5.80. The lowest BCUT2D eigenvalue weighted by atomic mass is 10.1. The van der Waals surface area contributed by atoms with E-state index in [4.69, 9.17) is 0 Å². The molecular formula is C21H23BrN4O2. The van der Waals surface area contributed by atoms with E-state index in [-0.39, 0.29) is 24.2 Å². The lowest BCUT2D eigenvalue weighted by Crippen LogP contribution is -2.30. The SMILES string of the molecule is O=C(Nc1ccc(N2CCCCC2)nc1)C1CC(=O)N(c2cccc(Br)c2)C1. The first-order chi connectivity index (χ1) is 13.6. The lowest BCUT2D eigenvalue weighted by molar-refractivity contribution is -0.122. The minimum Gasteiger partial charge on any atom is -0.357 e. The fourth-order valence-corrected chi connectivity index (χ4v) is 4.18. The summed E-state index contributed by atoms with van der Waals surface area (Å²) in [6, 6.07) is 11.4. The highest BCUT2D eigenvalue weighted by Crippen LogP contribution is 2.28. The van der Waals surface area contributed by atoms with Gasteiger partial charge in [-0.1, -0.05) is 22.0 Å². The van der Waals surface area contributed by atoms with Gasteiger partial charge in [-0.3, -0.25) is 9.59 Å². The maximum Gasteiger partial charge on any atom is 0.229 e. The van der Waals surface area contributed by atoms with E-state index in [1.54, 1.807) is 11.1 Å². The van der Waals surface area contributed by atoms with Crippen LogP contribution in [0.2, 0.25) is 0 Å². The normalized spacial score (nSPS) is 19.8. The molecule has 3 heterocycles. The van der Waals surface area contributed by atoms with E-state index < -0.39 is 0 Å². The van der Waals surface area contributed by atoms with Gasteiger partial charge in [-0.2, -0.15) is 0 Å². The number of benzene rings is 1. The van der Waals surface area contributed by atoms with Crippen molar-refractivity contribution in [2.75, 3.05) is 34.8 Å². The second-order valence-corrected chi connectivity index (χ2v) is 8.24. The standard InChI is InChI=1S/C21H23BrN4O2/c22-16-5-4-6-18(12-16)26-14-15(11-20(26)27)21(28)24-17-7-8-19(23-13-17)25-9-2-1-3-10-25/h4-8,12-13,15H,1-3,9-11,14H2,(H,24,28). The van der Waals surface area contributed by atoms with Gasteiger partial charge in [-0.15, -0.1) is 0 Å². The largest absolute Gasteiger partial charge is 0.357 e. The van der Waals surface area contributed by atoms with Gasteiger partial charge in [-0.05, 0) is 49.6 Å². The summed E-state index contributed by atoms with van der Waals surface area (Å²) >= 11 is 3.42. The van der Waals surface area contributed by atoms with E-state index in [9.17, 15) is 9.59 Å². The second-order valence-electron chi connectivity index (χ2n) is 7.33. The minimum atomic E-state index is -0.367. The number of hydrogen-bond donors (Lipinski definition) is 1. The predicted molar refractivity (Wildman–Crippen MR) is 114 cm³/mol. The Morgan fingerprint density at radius 2 is 1.96 bits per heavy atom. The van der Waals surface area contributed by atoms with E-state index in [0.717, 1.165) is 29.1 Å². The van der Waals surface area contributed by atoms with Crippen molar-refractivity contribution in [2.24, 2.45) is 5.92 Å². The van der Waals surface area contributed by atoms with Crippen molar-refractivity contribution >= 4 is 44.9 Å². The Bertz CT molecular complexity index is 865. The number of nitrogens with one attached hydrogen (secondary N) is 1. The topological polar surface area (TPSA) is 65.5 Å². The van der Waals surface area contributed by atoms with Gasteiger partial charge in [0.25, 0.3) is 0 Å². The number of carbonyl (C=O) groups is 2. The monoisotopic (exact) mass is 442 g/mol. The van der Waals surface area contributed by atoms with E-state index in [1.165, 1.54) is 19.3 Å². The van der Waals surface area contributed by atoms with Crippen LogP contribution in [0, 0.1) is 5.92 Å². The van der Waals surface area contributed by atoms with Gasteiger partial charge in [0.1, 0.15) is 5.82 Å². The fraction of sp³-hybridized carbons (Fsp3) is 0.381. The number of piperidine rings is 1. The fourth-order valence-electron chi connectivity index (χ4n) is 3.79. The van der Waals surface area contributed by atoms with Gasteiger partial charge in [0.2, 0.25) is 11.8 Å². The van der Waals surface area contributed by atoms with Gasteiger partial charge < -0.3 is 15.1 Å². The molecular weight excluding hydrogens is 420 g/mol. The number of pyridine rings is 1. The van der Waals surface area contributed by atoms with Crippen LogP contribution in [0.25, 0.3) is 0 Å². The quantitative estimate of drug-likeness (QED) is 0.781. The predicted octanol–water partition coefficient (Wildman–Crippen LogP) is 3.83. The molecule has 2 amide bonds. The molecule has 2 aliphatic rings. The van der Waals surface area contributed by atoms with Gasteiger partial charge in [0, 0.05) is 36.2 Å². The Labute approximate surface area is 173 Å². The summed E-state index contributed by atoms with van der Waals surface area (Å²) in [6.45, 7) is 2.46. The molecule has 28 heavy (non-hydrogen) atoms. The molecule has 1 aromatic carbocycles. The maximum atomic E-state index is 12.7. The van der Waals surface area contributed by atoms with Crippen molar-refractivity contribution in [2.45, 2.75) is 25.7 Å². The van der Waals surface area contributed by atoms with Gasteiger partial charge >= 0.3 is 0 Å². The number of amides is 2. The number of carbonyl (C=O) groups excluding carboxylic acids is 2. The first-order valence-corrected chi connectivity index (χ1v) is 10.5. The summed E-state index contributed by atoms with van der Waals surface area (Å²) in [6.07, 6.45) is 5.60. The Morgan fingerprint density at radius 1 is 1.14 bits per heavy atom. The molecule has 0 radical (unpaired) electrons.